The summed E-state index contributed by atoms with van der Waals surface area (Å²) < 4.78 is 33.0. The van der Waals surface area contributed by atoms with Crippen LogP contribution in [0.4, 0.5) is 0 Å². The summed E-state index contributed by atoms with van der Waals surface area (Å²) in [5.41, 5.74) is 5.46. The molecule has 0 saturated heterocycles. The molecule has 0 spiro atoms. The van der Waals surface area contributed by atoms with Crippen molar-refractivity contribution >= 4 is 26.0 Å². The highest BCUT2D eigenvalue weighted by Gasteiger charge is 2.28. The lowest BCUT2D eigenvalue weighted by Crippen LogP contribution is -2.37. The fourth-order valence-electron chi connectivity index (χ4n) is 2.65. The fraction of sp³-hybridized carbons (Fsp3) is 0.692. The molecule has 0 aliphatic heterocycles. The fourth-order valence-corrected chi connectivity index (χ4v) is 4.96. The van der Waals surface area contributed by atoms with Gasteiger partial charge in [0.1, 0.15) is 10.7 Å². The molecule has 0 aromatic carbocycles. The summed E-state index contributed by atoms with van der Waals surface area (Å²) in [6, 6.07) is 1.50. The van der Waals surface area contributed by atoms with Crippen molar-refractivity contribution in [1.82, 2.24) is 4.72 Å². The topological polar surface area (TPSA) is 85.3 Å². The van der Waals surface area contributed by atoms with E-state index in [9.17, 15) is 8.42 Å². The zero-order chi connectivity index (χ0) is 14.8. The first-order valence-electron chi connectivity index (χ1n) is 6.96. The number of sulfonamides is 1. The molecule has 0 unspecified atom stereocenters. The van der Waals surface area contributed by atoms with Crippen molar-refractivity contribution in [3.8, 4) is 0 Å². The van der Waals surface area contributed by atoms with Crippen LogP contribution in [-0.4, -0.2) is 14.5 Å². The van der Waals surface area contributed by atoms with E-state index in [2.05, 4.69) is 27.6 Å². The summed E-state index contributed by atoms with van der Waals surface area (Å²) in [5, 5.41) is 0. The second-order valence-electron chi connectivity index (χ2n) is 5.30. The first-order chi connectivity index (χ1) is 9.46. The molecule has 1 aliphatic rings. The average molecular weight is 365 g/mol. The third-order valence-corrected chi connectivity index (χ3v) is 6.32. The van der Waals surface area contributed by atoms with E-state index in [1.165, 1.54) is 12.5 Å². The number of rotatable bonds is 5. The third-order valence-electron chi connectivity index (χ3n) is 3.94. The predicted octanol–water partition coefficient (Wildman–Crippen LogP) is 2.75. The van der Waals surface area contributed by atoms with Gasteiger partial charge in [-0.25, -0.2) is 13.1 Å². The lowest BCUT2D eigenvalue weighted by atomic mass is 9.85. The van der Waals surface area contributed by atoms with Gasteiger partial charge in [0.05, 0.1) is 6.54 Å². The van der Waals surface area contributed by atoms with Crippen molar-refractivity contribution in [1.29, 1.82) is 0 Å². The molecular formula is C13H21BrN2O3S. The molecule has 0 radical (unpaired) electrons. The summed E-state index contributed by atoms with van der Waals surface area (Å²) in [5.74, 6) is 1.19. The van der Waals surface area contributed by atoms with Crippen LogP contribution in [0.2, 0.25) is 0 Å². The van der Waals surface area contributed by atoms with E-state index in [-0.39, 0.29) is 22.2 Å². The number of hydrogen-bond donors (Lipinski definition) is 2. The number of hydrogen-bond acceptors (Lipinski definition) is 4. The molecule has 2 rings (SSSR count). The van der Waals surface area contributed by atoms with E-state index < -0.39 is 10.0 Å². The second-order valence-corrected chi connectivity index (χ2v) is 7.70. The molecule has 20 heavy (non-hydrogen) atoms. The highest BCUT2D eigenvalue weighted by Crippen LogP contribution is 2.30. The zero-order valence-corrected chi connectivity index (χ0v) is 14.0. The number of nitrogens with two attached hydrogens (primary N) is 1. The highest BCUT2D eigenvalue weighted by atomic mass is 79.9. The Kier molecular flexibility index (Phi) is 5.28. The third kappa shape index (κ3) is 3.63. The minimum Gasteiger partial charge on any atom is -0.452 e. The van der Waals surface area contributed by atoms with E-state index in [4.69, 9.17) is 10.2 Å². The van der Waals surface area contributed by atoms with Crippen LogP contribution in [0.25, 0.3) is 0 Å². The van der Waals surface area contributed by atoms with Gasteiger partial charge in [-0.2, -0.15) is 0 Å². The van der Waals surface area contributed by atoms with Crippen LogP contribution < -0.4 is 10.5 Å². The Labute approximate surface area is 128 Å². The molecule has 1 fully saturated rings. The van der Waals surface area contributed by atoms with Crippen LogP contribution in [0.15, 0.2) is 20.0 Å². The molecule has 1 aliphatic carbocycles. The van der Waals surface area contributed by atoms with Gasteiger partial charge in [0.15, 0.2) is 4.67 Å². The number of furan rings is 1. The maximum absolute atomic E-state index is 12.4. The lowest BCUT2D eigenvalue weighted by molar-refractivity contribution is 0.306. The SMILES string of the molecule is CCC1CCC(NS(=O)(=O)c2cc(CN)oc2Br)CC1. The van der Waals surface area contributed by atoms with Crippen molar-refractivity contribution in [3.63, 3.8) is 0 Å². The Morgan fingerprint density at radius 2 is 2.05 bits per heavy atom. The van der Waals surface area contributed by atoms with E-state index in [1.807, 2.05) is 0 Å². The monoisotopic (exact) mass is 364 g/mol. The van der Waals surface area contributed by atoms with Crippen LogP contribution in [-0.2, 0) is 16.6 Å². The number of halogens is 1. The highest BCUT2D eigenvalue weighted by molar-refractivity contribution is 9.10. The molecular weight excluding hydrogens is 344 g/mol. The normalized spacial score (nSPS) is 23.9. The Bertz CT molecular complexity index is 548. The Morgan fingerprint density at radius 1 is 1.40 bits per heavy atom. The molecule has 3 N–H and O–H groups in total. The molecule has 1 heterocycles. The molecule has 114 valence electrons. The van der Waals surface area contributed by atoms with Gasteiger partial charge in [-0.05, 0) is 47.5 Å². The van der Waals surface area contributed by atoms with Crippen LogP contribution in [0, 0.1) is 5.92 Å². The van der Waals surface area contributed by atoms with E-state index in [1.54, 1.807) is 0 Å². The summed E-state index contributed by atoms with van der Waals surface area (Å²) in [4.78, 5) is 0.135. The standard InChI is InChI=1S/C13H21BrN2O3S/c1-2-9-3-5-10(6-4-9)16-20(17,18)12-7-11(8-15)19-13(12)14/h7,9-10,16H,2-6,8,15H2,1H3. The maximum Gasteiger partial charge on any atom is 0.245 e. The van der Waals surface area contributed by atoms with Crippen LogP contribution in [0.3, 0.4) is 0 Å². The molecule has 0 bridgehead atoms. The Morgan fingerprint density at radius 3 is 2.55 bits per heavy atom. The smallest absolute Gasteiger partial charge is 0.245 e. The van der Waals surface area contributed by atoms with Crippen LogP contribution >= 0.6 is 15.9 Å². The molecule has 5 nitrogen and oxygen atoms in total. The van der Waals surface area contributed by atoms with Gasteiger partial charge < -0.3 is 10.2 Å². The average Bonchev–Trinajstić information content (AvgIpc) is 2.81. The molecule has 0 atom stereocenters. The number of nitrogens with one attached hydrogen (secondary N) is 1. The lowest BCUT2D eigenvalue weighted by Gasteiger charge is -2.28. The van der Waals surface area contributed by atoms with Crippen molar-refractivity contribution in [2.24, 2.45) is 11.7 Å². The van der Waals surface area contributed by atoms with Crippen molar-refractivity contribution in [2.45, 2.75) is 56.5 Å². The summed E-state index contributed by atoms with van der Waals surface area (Å²) >= 11 is 3.14. The minimum atomic E-state index is -3.55. The van der Waals surface area contributed by atoms with Crippen molar-refractivity contribution < 1.29 is 12.8 Å². The predicted molar refractivity (Wildman–Crippen MR) is 80.7 cm³/mol. The van der Waals surface area contributed by atoms with Gasteiger partial charge >= 0.3 is 0 Å². The van der Waals surface area contributed by atoms with E-state index in [0.29, 0.717) is 5.76 Å². The zero-order valence-electron chi connectivity index (χ0n) is 11.6. The van der Waals surface area contributed by atoms with Gasteiger partial charge in [-0.15, -0.1) is 0 Å². The maximum atomic E-state index is 12.4. The van der Waals surface area contributed by atoms with Gasteiger partial charge in [-0.1, -0.05) is 13.3 Å². The second kappa shape index (κ2) is 6.60. The van der Waals surface area contributed by atoms with Crippen LogP contribution in [0.5, 0.6) is 0 Å². The van der Waals surface area contributed by atoms with Gasteiger partial charge in [0, 0.05) is 12.1 Å². The minimum absolute atomic E-state index is 0.0194. The Hall–Kier alpha value is -0.370. The first kappa shape index (κ1) is 16.0. The van der Waals surface area contributed by atoms with Crippen LogP contribution in [0.1, 0.15) is 44.8 Å². The summed E-state index contributed by atoms with van der Waals surface area (Å²) in [6.45, 7) is 2.36. The Balaban J connectivity index is 2.06. The van der Waals surface area contributed by atoms with Gasteiger partial charge in [-0.3, -0.25) is 0 Å². The largest absolute Gasteiger partial charge is 0.452 e. The molecule has 7 heteroatoms. The molecule has 0 amide bonds. The van der Waals surface area contributed by atoms with Crippen molar-refractivity contribution in [3.05, 3.63) is 16.5 Å². The van der Waals surface area contributed by atoms with E-state index >= 15 is 0 Å². The first-order valence-corrected chi connectivity index (χ1v) is 9.24. The van der Waals surface area contributed by atoms with E-state index in [0.717, 1.165) is 31.6 Å². The summed E-state index contributed by atoms with van der Waals surface area (Å²) in [7, 11) is -3.55. The molecule has 1 saturated carbocycles. The van der Waals surface area contributed by atoms with Crippen molar-refractivity contribution in [2.75, 3.05) is 0 Å². The molecule has 1 aromatic rings. The van der Waals surface area contributed by atoms with Gasteiger partial charge in [0.2, 0.25) is 10.0 Å². The summed E-state index contributed by atoms with van der Waals surface area (Å²) in [6.07, 6.45) is 5.15. The quantitative estimate of drug-likeness (QED) is 0.840. The van der Waals surface area contributed by atoms with Gasteiger partial charge in [0.25, 0.3) is 0 Å². The molecule has 1 aromatic heterocycles.